The number of hydrogen-bond donors (Lipinski definition) is 1. The summed E-state index contributed by atoms with van der Waals surface area (Å²) in [7, 11) is -2.15. The first kappa shape index (κ1) is 14.5. The van der Waals surface area contributed by atoms with E-state index >= 15 is 0 Å². The average molecular weight is 331 g/mol. The molecule has 1 N–H and O–H groups in total. The van der Waals surface area contributed by atoms with Gasteiger partial charge in [0, 0.05) is 24.5 Å². The molecule has 0 saturated heterocycles. The molecule has 0 fully saturated rings. The van der Waals surface area contributed by atoms with Gasteiger partial charge in [-0.25, -0.2) is 4.98 Å². The van der Waals surface area contributed by atoms with E-state index in [-0.39, 0.29) is 0 Å². The summed E-state index contributed by atoms with van der Waals surface area (Å²) in [6.07, 6.45) is 0.881. The summed E-state index contributed by atoms with van der Waals surface area (Å²) in [6.45, 7) is 2.63. The number of benzene rings is 1. The molecule has 3 aromatic rings. The van der Waals surface area contributed by atoms with Crippen molar-refractivity contribution in [3.63, 3.8) is 0 Å². The molecule has 0 spiro atoms. The topological polar surface area (TPSA) is 77.1 Å². The number of nitrogens with zero attached hydrogens (tertiary/aromatic N) is 3. The Balaban J connectivity index is 2.06. The minimum absolute atomic E-state index is 0.414. The number of hydrogen-bond acceptors (Lipinski definition) is 3. The summed E-state index contributed by atoms with van der Waals surface area (Å²) in [5.41, 5.74) is 4.54. The van der Waals surface area contributed by atoms with E-state index in [1.54, 1.807) is 0 Å². The van der Waals surface area contributed by atoms with E-state index < -0.39 is 15.9 Å². The number of imidazole rings is 1. The van der Waals surface area contributed by atoms with Crippen LogP contribution in [0, 0.1) is 6.92 Å². The highest BCUT2D eigenvalue weighted by Crippen LogP contribution is 2.39. The Morgan fingerprint density at radius 1 is 1.26 bits per heavy atom. The van der Waals surface area contributed by atoms with Crippen molar-refractivity contribution < 1.29 is 13.0 Å². The predicted octanol–water partition coefficient (Wildman–Crippen LogP) is 2.29. The monoisotopic (exact) mass is 331 g/mol. The van der Waals surface area contributed by atoms with Gasteiger partial charge in [-0.05, 0) is 25.0 Å². The Bertz CT molecular complexity index is 1040. The van der Waals surface area contributed by atoms with Crippen molar-refractivity contribution in [2.24, 2.45) is 7.05 Å². The molecule has 4 rings (SSSR count). The summed E-state index contributed by atoms with van der Waals surface area (Å²) in [5, 5.41) is 1.19. The van der Waals surface area contributed by atoms with E-state index in [1.165, 1.54) is 10.9 Å². The third-order valence-electron chi connectivity index (χ3n) is 4.57. The molecule has 0 amide bonds. The van der Waals surface area contributed by atoms with Crippen LogP contribution in [-0.4, -0.2) is 27.1 Å². The van der Waals surface area contributed by atoms with Gasteiger partial charge in [-0.3, -0.25) is 4.55 Å². The zero-order valence-corrected chi connectivity index (χ0v) is 13.8. The minimum atomic E-state index is -4.13. The zero-order chi connectivity index (χ0) is 16.4. The smallest absolute Gasteiger partial charge is 0.270 e. The molecule has 2 aromatic heterocycles. The molecule has 0 radical (unpaired) electrons. The molecule has 3 heterocycles. The van der Waals surface area contributed by atoms with Crippen molar-refractivity contribution in [3.05, 3.63) is 41.3 Å². The third kappa shape index (κ3) is 2.11. The second kappa shape index (κ2) is 4.69. The van der Waals surface area contributed by atoms with Gasteiger partial charge in [0.05, 0.1) is 17.1 Å². The van der Waals surface area contributed by atoms with E-state index in [4.69, 9.17) is 0 Å². The summed E-state index contributed by atoms with van der Waals surface area (Å²) < 4.78 is 36.1. The fourth-order valence-electron chi connectivity index (χ4n) is 3.69. The normalized spacial score (nSPS) is 14.0. The van der Waals surface area contributed by atoms with Gasteiger partial charge >= 0.3 is 0 Å². The third-order valence-corrected chi connectivity index (χ3v) is 5.21. The first-order valence-electron chi connectivity index (χ1n) is 7.44. The second-order valence-electron chi connectivity index (χ2n) is 5.99. The van der Waals surface area contributed by atoms with E-state index in [1.807, 2.05) is 30.7 Å². The fourth-order valence-corrected chi connectivity index (χ4v) is 4.23. The Kier molecular flexibility index (Phi) is 2.95. The maximum Gasteiger partial charge on any atom is 0.270 e. The maximum absolute atomic E-state index is 11.4. The SMILES string of the molecule is Cc1nc(CS(=O)(=O)O)c2n1CCc1c-2n(C)c2ccccc12. The molecule has 0 bridgehead atoms. The van der Waals surface area contributed by atoms with Gasteiger partial charge in [-0.1, -0.05) is 18.2 Å². The first-order valence-corrected chi connectivity index (χ1v) is 9.05. The van der Waals surface area contributed by atoms with Crippen LogP contribution >= 0.6 is 0 Å². The van der Waals surface area contributed by atoms with Crippen molar-refractivity contribution in [1.29, 1.82) is 0 Å². The van der Waals surface area contributed by atoms with Crippen molar-refractivity contribution in [1.82, 2.24) is 14.1 Å². The predicted molar refractivity (Wildman–Crippen MR) is 87.8 cm³/mol. The summed E-state index contributed by atoms with van der Waals surface area (Å²) in [4.78, 5) is 4.40. The van der Waals surface area contributed by atoms with Crippen LogP contribution in [0.15, 0.2) is 24.3 Å². The Morgan fingerprint density at radius 3 is 2.74 bits per heavy atom. The molecule has 1 aliphatic rings. The van der Waals surface area contributed by atoms with E-state index in [0.29, 0.717) is 5.69 Å². The molecule has 0 atom stereocenters. The van der Waals surface area contributed by atoms with Crippen LogP contribution in [0.4, 0.5) is 0 Å². The lowest BCUT2D eigenvalue weighted by Gasteiger charge is -2.19. The summed E-state index contributed by atoms with van der Waals surface area (Å²) in [6, 6.07) is 8.16. The van der Waals surface area contributed by atoms with Crippen LogP contribution in [0.2, 0.25) is 0 Å². The Morgan fingerprint density at radius 2 is 2.00 bits per heavy atom. The molecular weight excluding hydrogens is 314 g/mol. The number of aryl methyl sites for hydroxylation is 3. The molecule has 23 heavy (non-hydrogen) atoms. The van der Waals surface area contributed by atoms with Crippen LogP contribution in [0.3, 0.4) is 0 Å². The highest BCUT2D eigenvalue weighted by molar-refractivity contribution is 7.85. The highest BCUT2D eigenvalue weighted by Gasteiger charge is 2.29. The average Bonchev–Trinajstić information content (AvgIpc) is 2.95. The number of fused-ring (bicyclic) bond motifs is 5. The van der Waals surface area contributed by atoms with Crippen LogP contribution < -0.4 is 0 Å². The lowest BCUT2D eigenvalue weighted by Crippen LogP contribution is -2.14. The van der Waals surface area contributed by atoms with E-state index in [0.717, 1.165) is 35.7 Å². The lowest BCUT2D eigenvalue weighted by atomic mass is 10.0. The van der Waals surface area contributed by atoms with Gasteiger partial charge in [-0.15, -0.1) is 0 Å². The first-order chi connectivity index (χ1) is 10.9. The lowest BCUT2D eigenvalue weighted by molar-refractivity contribution is 0.481. The van der Waals surface area contributed by atoms with Crippen LogP contribution in [-0.2, 0) is 35.9 Å². The molecule has 120 valence electrons. The van der Waals surface area contributed by atoms with Gasteiger partial charge < -0.3 is 9.13 Å². The molecule has 1 aliphatic heterocycles. The molecule has 7 heteroatoms. The Labute approximate surface area is 134 Å². The molecular formula is C16H17N3O3S. The van der Waals surface area contributed by atoms with E-state index in [9.17, 15) is 13.0 Å². The van der Waals surface area contributed by atoms with E-state index in [2.05, 4.69) is 21.7 Å². The number of aromatic nitrogens is 3. The maximum atomic E-state index is 11.4. The largest absolute Gasteiger partial charge is 0.342 e. The second-order valence-corrected chi connectivity index (χ2v) is 7.44. The molecule has 0 saturated carbocycles. The van der Waals surface area contributed by atoms with Crippen molar-refractivity contribution in [3.8, 4) is 11.4 Å². The van der Waals surface area contributed by atoms with Crippen LogP contribution in [0.1, 0.15) is 17.1 Å². The summed E-state index contributed by atoms with van der Waals surface area (Å²) >= 11 is 0. The fraction of sp³-hybridized carbons (Fsp3) is 0.312. The van der Waals surface area contributed by atoms with Crippen LogP contribution in [0.5, 0.6) is 0 Å². The van der Waals surface area contributed by atoms with Crippen LogP contribution in [0.25, 0.3) is 22.3 Å². The van der Waals surface area contributed by atoms with Crippen molar-refractivity contribution >= 4 is 21.0 Å². The number of rotatable bonds is 2. The van der Waals surface area contributed by atoms with Gasteiger partial charge in [0.2, 0.25) is 0 Å². The van der Waals surface area contributed by atoms with Crippen molar-refractivity contribution in [2.45, 2.75) is 25.6 Å². The molecule has 0 unspecified atom stereocenters. The van der Waals surface area contributed by atoms with Gasteiger partial charge in [-0.2, -0.15) is 8.42 Å². The molecule has 1 aromatic carbocycles. The number of para-hydroxylation sites is 1. The minimum Gasteiger partial charge on any atom is -0.342 e. The van der Waals surface area contributed by atoms with Gasteiger partial charge in [0.15, 0.2) is 0 Å². The van der Waals surface area contributed by atoms with Gasteiger partial charge in [0.25, 0.3) is 10.1 Å². The highest BCUT2D eigenvalue weighted by atomic mass is 32.2. The quantitative estimate of drug-likeness (QED) is 0.731. The Hall–Kier alpha value is -2.12. The zero-order valence-electron chi connectivity index (χ0n) is 12.9. The van der Waals surface area contributed by atoms with Crippen molar-refractivity contribution in [2.75, 3.05) is 0 Å². The molecule has 6 nitrogen and oxygen atoms in total. The van der Waals surface area contributed by atoms with Gasteiger partial charge in [0.1, 0.15) is 11.6 Å². The summed E-state index contributed by atoms with van der Waals surface area (Å²) in [5.74, 6) is 0.312. The molecule has 0 aliphatic carbocycles. The standard InChI is InChI=1S/C16H17N3O3S/c1-10-17-13(9-23(20,21)22)16-15-12(7-8-19(10)16)11-5-3-4-6-14(11)18(15)2/h3-6H,7-9H2,1-2H3,(H,20,21,22).